The van der Waals surface area contributed by atoms with Gasteiger partial charge >= 0.3 is 57.6 Å². The predicted octanol–water partition coefficient (Wildman–Crippen LogP) is 1.58. The van der Waals surface area contributed by atoms with Crippen molar-refractivity contribution in [2.24, 2.45) is 0 Å². The van der Waals surface area contributed by atoms with E-state index in [1.165, 1.54) is 12.1 Å². The van der Waals surface area contributed by atoms with Crippen molar-refractivity contribution in [3.63, 3.8) is 0 Å². The summed E-state index contributed by atoms with van der Waals surface area (Å²) in [5.74, 6) is -0.450. The molecule has 1 aromatic carbocycles. The fourth-order valence-corrected chi connectivity index (χ4v) is 1.83. The number of amides is 1. The molecule has 19 heavy (non-hydrogen) atoms. The number of benzene rings is 1. The Labute approximate surface area is 150 Å². The number of hydrogen-bond acceptors (Lipinski definition) is 2. The fourth-order valence-electron chi connectivity index (χ4n) is 1.83. The summed E-state index contributed by atoms with van der Waals surface area (Å²) < 4.78 is 37.1. The number of piperidine rings is 1. The van der Waals surface area contributed by atoms with E-state index in [0.29, 0.717) is 5.56 Å². The van der Waals surface area contributed by atoms with Crippen LogP contribution in [-0.4, -0.2) is 63.1 Å². The van der Waals surface area contributed by atoms with Gasteiger partial charge in [0.15, 0.2) is 5.78 Å². The normalized spacial score (nSPS) is 19.6. The monoisotopic (exact) mass is 297 g/mol. The summed E-state index contributed by atoms with van der Waals surface area (Å²) in [6.45, 7) is 0. The van der Waals surface area contributed by atoms with Crippen molar-refractivity contribution in [3.8, 4) is 0 Å². The van der Waals surface area contributed by atoms with Gasteiger partial charge < -0.3 is 5.32 Å². The molecule has 0 saturated carbocycles. The summed E-state index contributed by atoms with van der Waals surface area (Å²) in [5, 5.41) is 2.47. The summed E-state index contributed by atoms with van der Waals surface area (Å²) in [6, 6.07) is 3.43. The van der Waals surface area contributed by atoms with Gasteiger partial charge in [0.25, 0.3) is 0 Å². The molecule has 2 rings (SSSR count). The Balaban J connectivity index is 0.00000180. The Kier molecular flexibility index (Phi) is 5.75. The fraction of sp³-hybridized carbons (Fsp3) is 0.333. The molecule has 98 valence electrons. The molecule has 1 amide bonds. The van der Waals surface area contributed by atoms with Gasteiger partial charge in [-0.1, -0.05) is 12.1 Å². The maximum atomic E-state index is 12.4. The molecule has 1 aliphatic heterocycles. The van der Waals surface area contributed by atoms with Gasteiger partial charge in [0.1, 0.15) is 6.04 Å². The van der Waals surface area contributed by atoms with Crippen LogP contribution >= 0.6 is 0 Å². The Morgan fingerprint density at radius 2 is 1.63 bits per heavy atom. The molecule has 1 atom stereocenters. The van der Waals surface area contributed by atoms with Gasteiger partial charge in [-0.2, -0.15) is 13.2 Å². The predicted molar refractivity (Wildman–Crippen MR) is 63.7 cm³/mol. The van der Waals surface area contributed by atoms with E-state index in [1.54, 1.807) is 0 Å². The number of hydrogen-bond donors (Lipinski definition) is 1. The van der Waals surface area contributed by atoms with E-state index in [9.17, 15) is 22.8 Å². The van der Waals surface area contributed by atoms with Gasteiger partial charge in [0.05, 0.1) is 5.56 Å². The van der Waals surface area contributed by atoms with Crippen LogP contribution in [0.1, 0.15) is 30.0 Å². The zero-order chi connectivity index (χ0) is 13.3. The molecule has 1 aliphatic rings. The van der Waals surface area contributed by atoms with E-state index in [0.717, 1.165) is 12.1 Å². The van der Waals surface area contributed by atoms with Crippen LogP contribution in [0.5, 0.6) is 0 Å². The van der Waals surface area contributed by atoms with Crippen molar-refractivity contribution in [2.45, 2.75) is 25.1 Å². The average Bonchev–Trinajstić information content (AvgIpc) is 2.31. The van der Waals surface area contributed by atoms with Crippen molar-refractivity contribution >= 4 is 63.1 Å². The molecule has 1 saturated heterocycles. The molecule has 1 N–H and O–H groups in total. The maximum absolute atomic E-state index is 12.4. The standard InChI is InChI=1S/C12H10F3NO2.K.H/c13-12(14,15)8-3-1-7(2-4-8)11-9(17)5-6-10(18)16-11;;/h1-4,11H,5-6H2,(H,16,18);;. The second-order valence-corrected chi connectivity index (χ2v) is 4.09. The summed E-state index contributed by atoms with van der Waals surface area (Å²) in [4.78, 5) is 22.8. The summed E-state index contributed by atoms with van der Waals surface area (Å²) >= 11 is 0. The van der Waals surface area contributed by atoms with Gasteiger partial charge in [-0.05, 0) is 17.7 Å². The number of nitrogens with one attached hydrogen (secondary N) is 1. The molecule has 0 aliphatic carbocycles. The van der Waals surface area contributed by atoms with Gasteiger partial charge in [0, 0.05) is 12.8 Å². The first-order valence-corrected chi connectivity index (χ1v) is 5.37. The van der Waals surface area contributed by atoms with Crippen molar-refractivity contribution in [2.75, 3.05) is 0 Å². The zero-order valence-corrected chi connectivity index (χ0v) is 9.25. The summed E-state index contributed by atoms with van der Waals surface area (Å²) in [5.41, 5.74) is -0.401. The number of carbonyl (C=O) groups excluding carboxylic acids is 2. The molecule has 1 fully saturated rings. The molecular weight excluding hydrogens is 286 g/mol. The van der Waals surface area contributed by atoms with Gasteiger partial charge in [-0.3, -0.25) is 9.59 Å². The Hall–Kier alpha value is -0.214. The molecule has 7 heteroatoms. The van der Waals surface area contributed by atoms with E-state index in [2.05, 4.69) is 5.32 Å². The van der Waals surface area contributed by atoms with Crippen LogP contribution in [0.15, 0.2) is 24.3 Å². The van der Waals surface area contributed by atoms with Crippen molar-refractivity contribution < 1.29 is 22.8 Å². The topological polar surface area (TPSA) is 46.2 Å². The molecule has 1 heterocycles. The quantitative estimate of drug-likeness (QED) is 0.800. The van der Waals surface area contributed by atoms with E-state index in [-0.39, 0.29) is 75.9 Å². The van der Waals surface area contributed by atoms with E-state index < -0.39 is 17.8 Å². The Morgan fingerprint density at radius 1 is 1.05 bits per heavy atom. The van der Waals surface area contributed by atoms with Gasteiger partial charge in [0.2, 0.25) is 5.91 Å². The first kappa shape index (κ1) is 16.8. The number of carbonyl (C=O) groups is 2. The SMILES string of the molecule is O=C1CCC(=O)C(c2ccc(C(F)(F)F)cc2)N1.[KH]. The molecule has 0 aromatic heterocycles. The van der Waals surface area contributed by atoms with Gasteiger partial charge in [-0.25, -0.2) is 0 Å². The molecule has 0 bridgehead atoms. The summed E-state index contributed by atoms with van der Waals surface area (Å²) in [7, 11) is 0. The van der Waals surface area contributed by atoms with Crippen LogP contribution in [0.2, 0.25) is 0 Å². The minimum atomic E-state index is -4.40. The second kappa shape index (κ2) is 6.49. The van der Waals surface area contributed by atoms with Crippen LogP contribution < -0.4 is 5.32 Å². The van der Waals surface area contributed by atoms with E-state index in [1.807, 2.05) is 0 Å². The van der Waals surface area contributed by atoms with Crippen LogP contribution in [-0.2, 0) is 15.8 Å². The second-order valence-electron chi connectivity index (χ2n) is 4.09. The van der Waals surface area contributed by atoms with Crippen LogP contribution in [0.4, 0.5) is 13.2 Å². The van der Waals surface area contributed by atoms with Gasteiger partial charge in [-0.15, -0.1) is 0 Å². The molecular formula is C12H11F3KNO2. The Morgan fingerprint density at radius 3 is 2.16 bits per heavy atom. The van der Waals surface area contributed by atoms with Crippen LogP contribution in [0.25, 0.3) is 0 Å². The van der Waals surface area contributed by atoms with Crippen molar-refractivity contribution in [1.82, 2.24) is 5.32 Å². The number of Topliss-reactive ketones (excluding diaryl/α,β-unsaturated/α-hetero) is 1. The van der Waals surface area contributed by atoms with E-state index >= 15 is 0 Å². The molecule has 0 spiro atoms. The minimum absolute atomic E-state index is 0. The molecule has 1 unspecified atom stereocenters. The van der Waals surface area contributed by atoms with E-state index in [4.69, 9.17) is 0 Å². The third-order valence-corrected chi connectivity index (χ3v) is 2.80. The summed E-state index contributed by atoms with van der Waals surface area (Å²) in [6.07, 6.45) is -4.15. The molecule has 1 aromatic rings. The number of ketones is 1. The van der Waals surface area contributed by atoms with Crippen LogP contribution in [0.3, 0.4) is 0 Å². The number of alkyl halides is 3. The number of halogens is 3. The number of rotatable bonds is 1. The zero-order valence-electron chi connectivity index (χ0n) is 9.25. The van der Waals surface area contributed by atoms with Crippen molar-refractivity contribution in [3.05, 3.63) is 35.4 Å². The third kappa shape index (κ3) is 4.12. The Bertz CT molecular complexity index is 485. The van der Waals surface area contributed by atoms with Crippen LogP contribution in [0, 0.1) is 0 Å². The first-order chi connectivity index (χ1) is 8.38. The molecule has 3 nitrogen and oxygen atoms in total. The molecule has 0 radical (unpaired) electrons. The van der Waals surface area contributed by atoms with Crippen molar-refractivity contribution in [1.29, 1.82) is 0 Å². The third-order valence-electron chi connectivity index (χ3n) is 2.80. The first-order valence-electron chi connectivity index (χ1n) is 5.37. The average molecular weight is 297 g/mol.